The fourth-order valence-corrected chi connectivity index (χ4v) is 3.39. The Balaban J connectivity index is 1.82. The van der Waals surface area contributed by atoms with Crippen LogP contribution in [0.2, 0.25) is 0 Å². The maximum Gasteiger partial charge on any atom is 0.170 e. The lowest BCUT2D eigenvalue weighted by Crippen LogP contribution is -2.04. The first-order valence-electron chi connectivity index (χ1n) is 8.92. The van der Waals surface area contributed by atoms with Crippen LogP contribution in [0.15, 0.2) is 78.9 Å². The molecule has 4 aromatic rings. The summed E-state index contributed by atoms with van der Waals surface area (Å²) in [5.41, 5.74) is 4.97. The zero-order chi connectivity index (χ0) is 18.8. The standard InChI is InChI=1S/C24H19NO2/c1-16(26)18-11-13-19(14-12-18)24-23(20-9-5-6-10-21(20)25-24)22(27)15-17-7-3-2-4-8-17/h2-14,25H,15H2,1H3. The van der Waals surface area contributed by atoms with E-state index in [0.717, 1.165) is 27.7 Å². The maximum atomic E-state index is 13.2. The minimum Gasteiger partial charge on any atom is -0.354 e. The van der Waals surface area contributed by atoms with Crippen molar-refractivity contribution in [2.45, 2.75) is 13.3 Å². The van der Waals surface area contributed by atoms with Crippen LogP contribution < -0.4 is 0 Å². The third kappa shape index (κ3) is 3.32. The molecular weight excluding hydrogens is 334 g/mol. The van der Waals surface area contributed by atoms with Crippen molar-refractivity contribution in [1.82, 2.24) is 4.98 Å². The second-order valence-corrected chi connectivity index (χ2v) is 6.64. The van der Waals surface area contributed by atoms with E-state index in [2.05, 4.69) is 4.98 Å². The summed E-state index contributed by atoms with van der Waals surface area (Å²) in [5, 5.41) is 0.920. The highest BCUT2D eigenvalue weighted by Gasteiger charge is 2.19. The number of ketones is 2. The van der Waals surface area contributed by atoms with Crippen LogP contribution in [0.25, 0.3) is 22.2 Å². The maximum absolute atomic E-state index is 13.2. The predicted molar refractivity (Wildman–Crippen MR) is 108 cm³/mol. The first-order valence-corrected chi connectivity index (χ1v) is 8.92. The molecule has 3 nitrogen and oxygen atoms in total. The van der Waals surface area contributed by atoms with Crippen molar-refractivity contribution in [3.8, 4) is 11.3 Å². The van der Waals surface area contributed by atoms with Crippen molar-refractivity contribution in [1.29, 1.82) is 0 Å². The fourth-order valence-electron chi connectivity index (χ4n) is 3.39. The van der Waals surface area contributed by atoms with Crippen molar-refractivity contribution in [3.05, 3.63) is 95.6 Å². The number of hydrogen-bond acceptors (Lipinski definition) is 2. The number of carbonyl (C=O) groups is 2. The molecule has 0 fully saturated rings. The lowest BCUT2D eigenvalue weighted by molar-refractivity contribution is 0.0991. The summed E-state index contributed by atoms with van der Waals surface area (Å²) in [6.07, 6.45) is 0.348. The summed E-state index contributed by atoms with van der Waals surface area (Å²) >= 11 is 0. The molecule has 0 spiro atoms. The smallest absolute Gasteiger partial charge is 0.170 e. The number of fused-ring (bicyclic) bond motifs is 1. The van der Waals surface area contributed by atoms with Gasteiger partial charge in [-0.25, -0.2) is 0 Å². The molecule has 4 rings (SSSR count). The summed E-state index contributed by atoms with van der Waals surface area (Å²) in [5.74, 6) is 0.0999. The number of rotatable bonds is 5. The van der Waals surface area contributed by atoms with E-state index < -0.39 is 0 Å². The van der Waals surface area contributed by atoms with Crippen LogP contribution in [0.1, 0.15) is 33.2 Å². The lowest BCUT2D eigenvalue weighted by Gasteiger charge is -2.06. The lowest BCUT2D eigenvalue weighted by atomic mass is 9.97. The van der Waals surface area contributed by atoms with Gasteiger partial charge in [0.2, 0.25) is 0 Å². The van der Waals surface area contributed by atoms with Crippen LogP contribution >= 0.6 is 0 Å². The van der Waals surface area contributed by atoms with E-state index in [1.807, 2.05) is 66.7 Å². The van der Waals surface area contributed by atoms with Gasteiger partial charge in [-0.15, -0.1) is 0 Å². The Kier molecular flexibility index (Phi) is 4.43. The summed E-state index contributed by atoms with van der Waals surface area (Å²) in [4.78, 5) is 28.1. The minimum absolute atomic E-state index is 0.0265. The molecule has 0 saturated carbocycles. The van der Waals surface area contributed by atoms with Gasteiger partial charge in [0.15, 0.2) is 11.6 Å². The number of Topliss-reactive ketones (excluding diaryl/α,β-unsaturated/α-hetero) is 2. The van der Waals surface area contributed by atoms with Gasteiger partial charge < -0.3 is 4.98 Å². The molecular formula is C24H19NO2. The number of carbonyl (C=O) groups excluding carboxylic acids is 2. The zero-order valence-electron chi connectivity index (χ0n) is 15.0. The SMILES string of the molecule is CC(=O)c1ccc(-c2[nH]c3ccccc3c2C(=O)Cc2ccccc2)cc1. The van der Waals surface area contributed by atoms with Crippen LogP contribution in [-0.2, 0) is 6.42 Å². The van der Waals surface area contributed by atoms with Crippen molar-refractivity contribution < 1.29 is 9.59 Å². The highest BCUT2D eigenvalue weighted by atomic mass is 16.1. The molecule has 0 aliphatic carbocycles. The molecule has 3 heteroatoms. The highest BCUT2D eigenvalue weighted by Crippen LogP contribution is 2.31. The summed E-state index contributed by atoms with van der Waals surface area (Å²) in [6, 6.07) is 25.0. The first kappa shape index (κ1) is 17.0. The molecule has 1 N–H and O–H groups in total. The molecule has 1 heterocycles. The molecule has 0 aliphatic rings. The predicted octanol–water partition coefficient (Wildman–Crippen LogP) is 5.46. The largest absolute Gasteiger partial charge is 0.354 e. The number of aromatic nitrogens is 1. The molecule has 0 bridgehead atoms. The van der Waals surface area contributed by atoms with Crippen molar-refractivity contribution in [2.75, 3.05) is 0 Å². The Morgan fingerprint density at radius 3 is 2.19 bits per heavy atom. The molecule has 0 unspecified atom stereocenters. The highest BCUT2D eigenvalue weighted by molar-refractivity contribution is 6.14. The van der Waals surface area contributed by atoms with E-state index in [4.69, 9.17) is 0 Å². The van der Waals surface area contributed by atoms with Gasteiger partial charge in [-0.1, -0.05) is 72.8 Å². The van der Waals surface area contributed by atoms with Crippen molar-refractivity contribution >= 4 is 22.5 Å². The van der Waals surface area contributed by atoms with Gasteiger partial charge in [-0.2, -0.15) is 0 Å². The summed E-state index contributed by atoms with van der Waals surface area (Å²) in [6.45, 7) is 1.55. The Hall–Kier alpha value is -3.46. The normalized spacial score (nSPS) is 10.9. The van der Waals surface area contributed by atoms with Crippen molar-refractivity contribution in [2.24, 2.45) is 0 Å². The third-order valence-electron chi connectivity index (χ3n) is 4.77. The average molecular weight is 353 g/mol. The number of benzene rings is 3. The molecule has 0 radical (unpaired) electrons. The van der Waals surface area contributed by atoms with Crippen LogP contribution in [0, 0.1) is 0 Å². The topological polar surface area (TPSA) is 49.9 Å². The van der Waals surface area contributed by atoms with E-state index in [1.54, 1.807) is 19.1 Å². The van der Waals surface area contributed by atoms with Crippen LogP contribution in [-0.4, -0.2) is 16.6 Å². The van der Waals surface area contributed by atoms with Crippen LogP contribution in [0.4, 0.5) is 0 Å². The van der Waals surface area contributed by atoms with Crippen LogP contribution in [0.5, 0.6) is 0 Å². The second-order valence-electron chi connectivity index (χ2n) is 6.64. The van der Waals surface area contributed by atoms with Crippen LogP contribution in [0.3, 0.4) is 0 Å². The molecule has 3 aromatic carbocycles. The van der Waals surface area contributed by atoms with Gasteiger partial charge in [-0.3, -0.25) is 9.59 Å². The Labute approximate surface area is 157 Å². The van der Waals surface area contributed by atoms with Gasteiger partial charge >= 0.3 is 0 Å². The van der Waals surface area contributed by atoms with E-state index in [0.29, 0.717) is 17.5 Å². The van der Waals surface area contributed by atoms with E-state index >= 15 is 0 Å². The first-order chi connectivity index (χ1) is 13.1. The van der Waals surface area contributed by atoms with Gasteiger partial charge in [-0.05, 0) is 24.1 Å². The molecule has 0 aliphatic heterocycles. The molecule has 0 amide bonds. The zero-order valence-corrected chi connectivity index (χ0v) is 15.0. The molecule has 0 atom stereocenters. The number of hydrogen-bond donors (Lipinski definition) is 1. The van der Waals surface area contributed by atoms with Gasteiger partial charge in [0, 0.05) is 22.9 Å². The monoisotopic (exact) mass is 353 g/mol. The molecule has 27 heavy (non-hydrogen) atoms. The molecule has 0 saturated heterocycles. The number of nitrogens with one attached hydrogen (secondary N) is 1. The second kappa shape index (κ2) is 7.04. The average Bonchev–Trinajstić information content (AvgIpc) is 3.08. The van der Waals surface area contributed by atoms with E-state index in [1.165, 1.54) is 0 Å². The Morgan fingerprint density at radius 1 is 0.815 bits per heavy atom. The minimum atomic E-state index is 0.0265. The number of para-hydroxylation sites is 1. The van der Waals surface area contributed by atoms with E-state index in [9.17, 15) is 9.59 Å². The molecule has 132 valence electrons. The Bertz CT molecular complexity index is 1120. The van der Waals surface area contributed by atoms with Gasteiger partial charge in [0.05, 0.1) is 11.3 Å². The quantitative estimate of drug-likeness (QED) is 0.484. The number of aromatic amines is 1. The number of H-pyrrole nitrogens is 1. The molecule has 1 aromatic heterocycles. The third-order valence-corrected chi connectivity index (χ3v) is 4.77. The van der Waals surface area contributed by atoms with Gasteiger partial charge in [0.1, 0.15) is 0 Å². The summed E-state index contributed by atoms with van der Waals surface area (Å²) in [7, 11) is 0. The van der Waals surface area contributed by atoms with Gasteiger partial charge in [0.25, 0.3) is 0 Å². The fraction of sp³-hybridized carbons (Fsp3) is 0.0833. The van der Waals surface area contributed by atoms with Crippen molar-refractivity contribution in [3.63, 3.8) is 0 Å². The summed E-state index contributed by atoms with van der Waals surface area (Å²) < 4.78 is 0. The Morgan fingerprint density at radius 2 is 1.48 bits per heavy atom. The van der Waals surface area contributed by atoms with E-state index in [-0.39, 0.29) is 11.6 Å².